The molecule has 4 nitrogen and oxygen atoms in total. The van der Waals surface area contributed by atoms with E-state index in [1.165, 1.54) is 11.3 Å². The Morgan fingerprint density at radius 2 is 1.69 bits per heavy atom. The van der Waals surface area contributed by atoms with Gasteiger partial charge in [0.05, 0.1) is 5.56 Å². The van der Waals surface area contributed by atoms with E-state index in [4.69, 9.17) is 0 Å². The highest BCUT2D eigenvalue weighted by Crippen LogP contribution is 2.29. The molecule has 0 bridgehead atoms. The highest BCUT2D eigenvalue weighted by molar-refractivity contribution is 6.01. The number of phenolic OH excluding ortho intramolecular Hbond substituents is 1. The van der Waals surface area contributed by atoms with Gasteiger partial charge in [-0.3, -0.25) is 9.69 Å². The molecule has 4 heteroatoms. The highest BCUT2D eigenvalue weighted by Gasteiger charge is 2.18. The lowest BCUT2D eigenvalue weighted by Gasteiger charge is -2.36. The van der Waals surface area contributed by atoms with Crippen molar-refractivity contribution in [1.29, 1.82) is 0 Å². The predicted molar refractivity (Wildman–Crippen MR) is 105 cm³/mol. The summed E-state index contributed by atoms with van der Waals surface area (Å²) in [5, 5.41) is 11.6. The Morgan fingerprint density at radius 1 is 0.923 bits per heavy atom. The first-order chi connectivity index (χ1) is 12.7. The van der Waals surface area contributed by atoms with Crippen molar-refractivity contribution in [1.82, 2.24) is 4.90 Å². The summed E-state index contributed by atoms with van der Waals surface area (Å²) in [6.45, 7) is 5.02. The van der Waals surface area contributed by atoms with Crippen molar-refractivity contribution in [2.24, 2.45) is 0 Å². The third-order valence-corrected chi connectivity index (χ3v) is 5.13. The summed E-state index contributed by atoms with van der Waals surface area (Å²) in [6.07, 6.45) is 0.722. The van der Waals surface area contributed by atoms with Gasteiger partial charge >= 0.3 is 0 Å². The molecule has 3 aromatic carbocycles. The number of benzene rings is 3. The van der Waals surface area contributed by atoms with Crippen LogP contribution in [0.15, 0.2) is 60.7 Å². The van der Waals surface area contributed by atoms with E-state index in [1.54, 1.807) is 6.07 Å². The zero-order chi connectivity index (χ0) is 17.9. The smallest absolute Gasteiger partial charge is 0.154 e. The third kappa shape index (κ3) is 3.28. The number of piperazine rings is 1. The van der Waals surface area contributed by atoms with E-state index in [0.717, 1.165) is 49.8 Å². The van der Waals surface area contributed by atoms with Gasteiger partial charge in [-0.1, -0.05) is 42.5 Å². The zero-order valence-corrected chi connectivity index (χ0v) is 14.6. The van der Waals surface area contributed by atoms with Crippen LogP contribution in [0.3, 0.4) is 0 Å². The number of fused-ring (bicyclic) bond motifs is 1. The molecule has 0 saturated carbocycles. The molecule has 1 aliphatic heterocycles. The molecule has 1 heterocycles. The Morgan fingerprint density at radius 3 is 2.42 bits per heavy atom. The maximum Gasteiger partial charge on any atom is 0.154 e. The Hall–Kier alpha value is -2.85. The molecule has 1 aliphatic rings. The fourth-order valence-electron chi connectivity index (χ4n) is 3.66. The maximum absolute atomic E-state index is 11.2. The van der Waals surface area contributed by atoms with E-state index in [1.807, 2.05) is 18.2 Å². The van der Waals surface area contributed by atoms with Gasteiger partial charge in [-0.2, -0.15) is 0 Å². The molecule has 3 aromatic rings. The van der Waals surface area contributed by atoms with E-state index < -0.39 is 0 Å². The summed E-state index contributed by atoms with van der Waals surface area (Å²) in [5.74, 6) is 0.0368. The summed E-state index contributed by atoms with van der Waals surface area (Å²) >= 11 is 0. The number of anilines is 1. The fraction of sp³-hybridized carbons (Fsp3) is 0.227. The molecule has 132 valence electrons. The second kappa shape index (κ2) is 7.18. The van der Waals surface area contributed by atoms with Crippen LogP contribution in [-0.2, 0) is 6.54 Å². The van der Waals surface area contributed by atoms with Crippen molar-refractivity contribution < 1.29 is 9.90 Å². The number of aromatic hydroxyl groups is 1. The Bertz CT molecular complexity index is 916. The zero-order valence-electron chi connectivity index (χ0n) is 14.6. The van der Waals surface area contributed by atoms with Gasteiger partial charge in [-0.15, -0.1) is 0 Å². The number of hydrogen-bond acceptors (Lipinski definition) is 4. The van der Waals surface area contributed by atoms with Crippen molar-refractivity contribution in [2.45, 2.75) is 6.54 Å². The molecule has 1 saturated heterocycles. The number of phenols is 1. The normalized spacial score (nSPS) is 15.3. The van der Waals surface area contributed by atoms with Crippen LogP contribution < -0.4 is 4.90 Å². The van der Waals surface area contributed by atoms with Crippen molar-refractivity contribution in [3.63, 3.8) is 0 Å². The first kappa shape index (κ1) is 16.6. The molecule has 1 fully saturated rings. The monoisotopic (exact) mass is 346 g/mol. The van der Waals surface area contributed by atoms with Gasteiger partial charge in [0.1, 0.15) is 5.75 Å². The van der Waals surface area contributed by atoms with Crippen LogP contribution in [-0.4, -0.2) is 42.5 Å². The van der Waals surface area contributed by atoms with Crippen molar-refractivity contribution >= 4 is 22.7 Å². The molecule has 0 aromatic heterocycles. The van der Waals surface area contributed by atoms with Crippen LogP contribution in [0.2, 0.25) is 0 Å². The van der Waals surface area contributed by atoms with E-state index in [9.17, 15) is 9.90 Å². The summed E-state index contributed by atoms with van der Waals surface area (Å²) in [6, 6.07) is 20.1. The second-order valence-corrected chi connectivity index (χ2v) is 6.77. The van der Waals surface area contributed by atoms with E-state index in [2.05, 4.69) is 46.2 Å². The largest absolute Gasteiger partial charge is 0.507 e. The minimum absolute atomic E-state index is 0.0368. The Kier molecular flexibility index (Phi) is 4.59. The number of aldehydes is 1. The summed E-state index contributed by atoms with van der Waals surface area (Å²) < 4.78 is 0. The topological polar surface area (TPSA) is 43.8 Å². The average molecular weight is 346 g/mol. The molecular weight excluding hydrogens is 324 g/mol. The van der Waals surface area contributed by atoms with Crippen LogP contribution in [0.4, 0.5) is 5.69 Å². The minimum atomic E-state index is 0.0368. The molecular formula is C22H22N2O2. The Labute approximate surface area is 153 Å². The van der Waals surface area contributed by atoms with Crippen molar-refractivity contribution in [3.05, 3.63) is 71.8 Å². The predicted octanol–water partition coefficient (Wildman–Crippen LogP) is 3.68. The number of hydrogen-bond donors (Lipinski definition) is 1. The van der Waals surface area contributed by atoms with E-state index in [-0.39, 0.29) is 5.75 Å². The lowest BCUT2D eigenvalue weighted by atomic mass is 10.0. The van der Waals surface area contributed by atoms with Gasteiger partial charge in [0.15, 0.2) is 6.29 Å². The fourth-order valence-corrected chi connectivity index (χ4v) is 3.66. The molecule has 4 rings (SSSR count). The summed E-state index contributed by atoms with van der Waals surface area (Å²) in [4.78, 5) is 16.1. The number of rotatable bonds is 4. The van der Waals surface area contributed by atoms with Crippen molar-refractivity contribution in [2.75, 3.05) is 31.1 Å². The molecule has 0 unspecified atom stereocenters. The van der Waals surface area contributed by atoms with Gasteiger partial charge in [0, 0.05) is 38.4 Å². The van der Waals surface area contributed by atoms with Crippen LogP contribution >= 0.6 is 0 Å². The SMILES string of the molecule is O=Cc1c(O)ccc2cc(N3CCN(Cc4ccccc4)CC3)ccc12. The number of carbonyl (C=O) groups is 1. The Balaban J connectivity index is 1.47. The van der Waals surface area contributed by atoms with E-state index >= 15 is 0 Å². The van der Waals surface area contributed by atoms with Crippen molar-refractivity contribution in [3.8, 4) is 5.75 Å². The summed E-state index contributed by atoms with van der Waals surface area (Å²) in [5.41, 5.74) is 2.88. The molecule has 0 spiro atoms. The summed E-state index contributed by atoms with van der Waals surface area (Å²) in [7, 11) is 0. The van der Waals surface area contributed by atoms with E-state index in [0.29, 0.717) is 5.56 Å². The van der Waals surface area contributed by atoms with Crippen LogP contribution in [0, 0.1) is 0 Å². The third-order valence-electron chi connectivity index (χ3n) is 5.13. The maximum atomic E-state index is 11.2. The first-order valence-electron chi connectivity index (χ1n) is 8.97. The van der Waals surface area contributed by atoms with Gasteiger partial charge < -0.3 is 10.0 Å². The van der Waals surface area contributed by atoms with Crippen LogP contribution in [0.25, 0.3) is 10.8 Å². The lowest BCUT2D eigenvalue weighted by molar-refractivity contribution is 0.112. The van der Waals surface area contributed by atoms with Crippen LogP contribution in [0.1, 0.15) is 15.9 Å². The number of nitrogens with zero attached hydrogens (tertiary/aromatic N) is 2. The molecule has 1 N–H and O–H groups in total. The molecule has 0 radical (unpaired) electrons. The second-order valence-electron chi connectivity index (χ2n) is 6.77. The molecule has 0 atom stereocenters. The standard InChI is InChI=1S/C22H22N2O2/c25-16-21-20-8-7-19(14-18(20)6-9-22(21)26)24-12-10-23(11-13-24)15-17-4-2-1-3-5-17/h1-9,14,16,26H,10-13,15H2. The highest BCUT2D eigenvalue weighted by atomic mass is 16.3. The van der Waals surface area contributed by atoms with Gasteiger partial charge in [0.25, 0.3) is 0 Å². The van der Waals surface area contributed by atoms with Crippen LogP contribution in [0.5, 0.6) is 5.75 Å². The molecule has 0 amide bonds. The minimum Gasteiger partial charge on any atom is -0.507 e. The molecule has 0 aliphatic carbocycles. The molecule has 26 heavy (non-hydrogen) atoms. The van der Waals surface area contributed by atoms with Gasteiger partial charge in [-0.25, -0.2) is 0 Å². The number of carbonyl (C=O) groups excluding carboxylic acids is 1. The first-order valence-corrected chi connectivity index (χ1v) is 8.97. The quantitative estimate of drug-likeness (QED) is 0.732. The van der Waals surface area contributed by atoms with Gasteiger partial charge in [0.2, 0.25) is 0 Å². The average Bonchev–Trinajstić information content (AvgIpc) is 2.69. The van der Waals surface area contributed by atoms with Gasteiger partial charge in [-0.05, 0) is 34.5 Å². The lowest BCUT2D eigenvalue weighted by Crippen LogP contribution is -2.45.